The van der Waals surface area contributed by atoms with Crippen LogP contribution < -0.4 is 4.74 Å². The van der Waals surface area contributed by atoms with Gasteiger partial charge in [-0.15, -0.1) is 0 Å². The third kappa shape index (κ3) is 4.26. The van der Waals surface area contributed by atoms with E-state index in [0.717, 1.165) is 44.5 Å². The zero-order valence-electron chi connectivity index (χ0n) is 18.7. The summed E-state index contributed by atoms with van der Waals surface area (Å²) >= 11 is 0. The molecule has 0 spiro atoms. The summed E-state index contributed by atoms with van der Waals surface area (Å²) in [5, 5.41) is 0. The highest BCUT2D eigenvalue weighted by atomic mass is 16.5. The summed E-state index contributed by atoms with van der Waals surface area (Å²) < 4.78 is 6.08. The molecule has 160 valence electrons. The third-order valence-corrected chi connectivity index (χ3v) is 8.18. The molecule has 0 saturated heterocycles. The number of Topliss-reactive ketones (excluding diaryl/α,β-unsaturated/α-hetero) is 1. The first-order valence-corrected chi connectivity index (χ1v) is 11.9. The lowest BCUT2D eigenvalue weighted by atomic mass is 9.55. The first-order valence-electron chi connectivity index (χ1n) is 11.9. The number of hydrogen-bond acceptors (Lipinski definition) is 3. The van der Waals surface area contributed by atoms with E-state index >= 15 is 0 Å². The molecule has 0 radical (unpaired) electrons. The molecule has 3 nitrogen and oxygen atoms in total. The largest absolute Gasteiger partial charge is 0.494 e. The second-order valence-electron chi connectivity index (χ2n) is 10.3. The van der Waals surface area contributed by atoms with E-state index in [1.807, 2.05) is 0 Å². The van der Waals surface area contributed by atoms with Crippen LogP contribution in [-0.4, -0.2) is 37.9 Å². The Labute approximate surface area is 177 Å². The van der Waals surface area contributed by atoms with Crippen LogP contribution in [0.15, 0.2) is 18.2 Å². The fourth-order valence-electron chi connectivity index (χ4n) is 6.49. The molecule has 3 heteroatoms. The molecule has 29 heavy (non-hydrogen) atoms. The van der Waals surface area contributed by atoms with E-state index in [9.17, 15) is 4.79 Å². The van der Waals surface area contributed by atoms with Gasteiger partial charge >= 0.3 is 0 Å². The Balaban J connectivity index is 1.31. The maximum Gasteiger partial charge on any atom is 0.139 e. The minimum absolute atomic E-state index is 0.0196. The van der Waals surface area contributed by atoms with Crippen LogP contribution in [0.4, 0.5) is 0 Å². The Kier molecular flexibility index (Phi) is 6.34. The molecule has 4 atom stereocenters. The quantitative estimate of drug-likeness (QED) is 0.534. The van der Waals surface area contributed by atoms with E-state index in [1.165, 1.54) is 44.2 Å². The molecule has 0 unspecified atom stereocenters. The van der Waals surface area contributed by atoms with Gasteiger partial charge in [0.05, 0.1) is 6.61 Å². The van der Waals surface area contributed by atoms with Crippen molar-refractivity contribution in [1.82, 2.24) is 4.90 Å². The summed E-state index contributed by atoms with van der Waals surface area (Å²) in [6.45, 7) is 4.27. The van der Waals surface area contributed by atoms with E-state index < -0.39 is 0 Å². The molecule has 3 aliphatic rings. The normalized spacial score (nSPS) is 30.8. The predicted octanol–water partition coefficient (Wildman–Crippen LogP) is 5.61. The number of aryl methyl sites for hydroxylation is 1. The lowest BCUT2D eigenvalue weighted by molar-refractivity contribution is -0.129. The summed E-state index contributed by atoms with van der Waals surface area (Å²) in [4.78, 5) is 14.7. The average Bonchev–Trinajstić information content (AvgIpc) is 3.01. The summed E-state index contributed by atoms with van der Waals surface area (Å²) in [5.74, 6) is 3.57. The number of fused-ring (bicyclic) bond motifs is 5. The smallest absolute Gasteiger partial charge is 0.139 e. The van der Waals surface area contributed by atoms with Gasteiger partial charge in [-0.3, -0.25) is 4.79 Å². The molecule has 2 saturated carbocycles. The zero-order chi connectivity index (χ0) is 20.4. The van der Waals surface area contributed by atoms with Crippen molar-refractivity contribution in [3.8, 4) is 5.75 Å². The number of unbranched alkanes of at least 4 members (excludes halogenated alkanes) is 3. The lowest BCUT2D eigenvalue weighted by Crippen LogP contribution is -2.42. The van der Waals surface area contributed by atoms with Gasteiger partial charge in [0.2, 0.25) is 0 Å². The Morgan fingerprint density at radius 3 is 2.72 bits per heavy atom. The van der Waals surface area contributed by atoms with Crippen molar-refractivity contribution in [3.05, 3.63) is 29.3 Å². The van der Waals surface area contributed by atoms with Gasteiger partial charge < -0.3 is 9.64 Å². The van der Waals surface area contributed by atoms with E-state index in [4.69, 9.17) is 4.74 Å². The first-order chi connectivity index (χ1) is 14.0. The summed E-state index contributed by atoms with van der Waals surface area (Å²) in [6.07, 6.45) is 11.6. The van der Waals surface area contributed by atoms with Crippen LogP contribution in [0.5, 0.6) is 5.75 Å². The van der Waals surface area contributed by atoms with Gasteiger partial charge in [-0.25, -0.2) is 0 Å². The van der Waals surface area contributed by atoms with Crippen molar-refractivity contribution in [2.75, 3.05) is 27.2 Å². The van der Waals surface area contributed by atoms with Gasteiger partial charge in [0.25, 0.3) is 0 Å². The molecule has 3 aliphatic carbocycles. The van der Waals surface area contributed by atoms with E-state index in [2.05, 4.69) is 44.1 Å². The van der Waals surface area contributed by atoms with Crippen molar-refractivity contribution >= 4 is 5.78 Å². The topological polar surface area (TPSA) is 29.5 Å². The van der Waals surface area contributed by atoms with Gasteiger partial charge in [-0.2, -0.15) is 0 Å². The van der Waals surface area contributed by atoms with Crippen LogP contribution in [0.25, 0.3) is 0 Å². The van der Waals surface area contributed by atoms with Crippen LogP contribution in [0.1, 0.15) is 81.8 Å². The van der Waals surface area contributed by atoms with Gasteiger partial charge in [-0.1, -0.05) is 25.8 Å². The fraction of sp³-hybridized carbons (Fsp3) is 0.731. The summed E-state index contributed by atoms with van der Waals surface area (Å²) in [7, 11) is 4.28. The fourth-order valence-corrected chi connectivity index (χ4v) is 6.49. The van der Waals surface area contributed by atoms with Crippen molar-refractivity contribution < 1.29 is 9.53 Å². The molecule has 0 aliphatic heterocycles. The number of rotatable bonds is 8. The second kappa shape index (κ2) is 8.79. The Hall–Kier alpha value is -1.35. The number of ketones is 1. The van der Waals surface area contributed by atoms with Crippen LogP contribution in [-0.2, 0) is 11.2 Å². The minimum Gasteiger partial charge on any atom is -0.494 e. The molecular weight excluding hydrogens is 358 g/mol. The predicted molar refractivity (Wildman–Crippen MR) is 119 cm³/mol. The minimum atomic E-state index is -0.0196. The maximum absolute atomic E-state index is 12.5. The zero-order valence-corrected chi connectivity index (χ0v) is 18.7. The van der Waals surface area contributed by atoms with E-state index in [-0.39, 0.29) is 5.41 Å². The molecule has 2 fully saturated rings. The molecule has 0 amide bonds. The Morgan fingerprint density at radius 2 is 1.90 bits per heavy atom. The summed E-state index contributed by atoms with van der Waals surface area (Å²) in [6, 6.07) is 6.85. The van der Waals surface area contributed by atoms with Crippen molar-refractivity contribution in [3.63, 3.8) is 0 Å². The molecular formula is C26H39NO2. The Bertz CT molecular complexity index is 727. The van der Waals surface area contributed by atoms with Gasteiger partial charge in [0, 0.05) is 11.8 Å². The molecule has 0 N–H and O–H groups in total. The standard InChI is InChI=1S/C26H39NO2/c1-26-15-14-22-21-11-9-20(29-17-7-5-4-6-16-27(2)3)18-19(21)8-10-23(22)24(26)12-13-25(26)28/h9,11,18,22-24H,4-8,10,12-17H2,1-3H3/t22-,23-,24-,26+/m1/s1. The van der Waals surface area contributed by atoms with E-state index in [1.54, 1.807) is 5.56 Å². The van der Waals surface area contributed by atoms with E-state index in [0.29, 0.717) is 23.5 Å². The monoisotopic (exact) mass is 397 g/mol. The van der Waals surface area contributed by atoms with Crippen LogP contribution in [0.3, 0.4) is 0 Å². The average molecular weight is 398 g/mol. The van der Waals surface area contributed by atoms with Gasteiger partial charge in [0.15, 0.2) is 0 Å². The third-order valence-electron chi connectivity index (χ3n) is 8.18. The molecule has 0 bridgehead atoms. The van der Waals surface area contributed by atoms with Gasteiger partial charge in [0.1, 0.15) is 11.5 Å². The van der Waals surface area contributed by atoms with Crippen LogP contribution in [0, 0.1) is 17.3 Å². The van der Waals surface area contributed by atoms with Gasteiger partial charge in [-0.05, 0) is 107 Å². The van der Waals surface area contributed by atoms with Crippen molar-refractivity contribution in [2.45, 2.75) is 77.0 Å². The number of hydrogen-bond donors (Lipinski definition) is 0. The molecule has 1 aromatic carbocycles. The number of carbonyl (C=O) groups is 1. The first kappa shape index (κ1) is 20.9. The highest BCUT2D eigenvalue weighted by molar-refractivity contribution is 5.87. The Morgan fingerprint density at radius 1 is 1.07 bits per heavy atom. The highest BCUT2D eigenvalue weighted by Gasteiger charge is 2.54. The van der Waals surface area contributed by atoms with Crippen LogP contribution >= 0.6 is 0 Å². The number of benzene rings is 1. The number of carbonyl (C=O) groups excluding carboxylic acids is 1. The number of nitrogens with zero attached hydrogens (tertiary/aromatic N) is 1. The molecule has 1 aromatic rings. The number of ether oxygens (including phenoxy) is 1. The second-order valence-corrected chi connectivity index (χ2v) is 10.3. The highest BCUT2D eigenvalue weighted by Crippen LogP contribution is 2.59. The lowest BCUT2D eigenvalue weighted by Gasteiger charge is -2.48. The SMILES string of the molecule is CN(C)CCCCCCOc1ccc2c(c1)CC[C@@H]1[C@@H]2CC[C@]2(C)C(=O)CC[C@H]12. The maximum atomic E-state index is 12.5. The van der Waals surface area contributed by atoms with Crippen molar-refractivity contribution in [2.24, 2.45) is 17.3 Å². The summed E-state index contributed by atoms with van der Waals surface area (Å²) in [5.41, 5.74) is 3.04. The molecule has 0 aromatic heterocycles. The van der Waals surface area contributed by atoms with Crippen molar-refractivity contribution in [1.29, 1.82) is 0 Å². The molecule has 4 rings (SSSR count). The molecule has 0 heterocycles. The van der Waals surface area contributed by atoms with Crippen LogP contribution in [0.2, 0.25) is 0 Å².